The standard InChI is InChI=1S/C47H49ClN4O3/c1-4-6-25-49-44(53)30-52-43-28-35(47(54)50-26-7-5-2)15-21-39(43)45(32-11-9-8-10-12-32)46(52)34-17-23-41-33(27-34)16-24-42(51-41)40-29-37(55-3)20-22-38(40)31-13-18-36(48)19-14-31/h4-5,13-24,27-29,32,45-46H,1-2,6-12,25-26,30H2,3H3,(H,49,53)(H,50,54). The maximum Gasteiger partial charge on any atom is 0.251 e. The summed E-state index contributed by atoms with van der Waals surface area (Å²) in [5, 5.41) is 7.82. The highest BCUT2D eigenvalue weighted by Crippen LogP contribution is 2.55. The first-order chi connectivity index (χ1) is 26.9. The monoisotopic (exact) mass is 752 g/mol. The third-order valence-corrected chi connectivity index (χ3v) is 11.4. The Bertz CT molecular complexity index is 2190. The third kappa shape index (κ3) is 8.32. The van der Waals surface area contributed by atoms with Crippen molar-refractivity contribution >= 4 is 40.0 Å². The summed E-state index contributed by atoms with van der Waals surface area (Å²) in [5.41, 5.74) is 8.65. The minimum atomic E-state index is -0.124. The quantitative estimate of drug-likeness (QED) is 0.0872. The van der Waals surface area contributed by atoms with E-state index in [1.165, 1.54) is 24.8 Å². The molecule has 2 heterocycles. The highest BCUT2D eigenvalue weighted by Gasteiger charge is 2.44. The first kappa shape index (κ1) is 37.9. The number of hydrogen-bond acceptors (Lipinski definition) is 5. The molecule has 2 aliphatic rings. The van der Waals surface area contributed by atoms with Crippen LogP contribution in [-0.2, 0) is 4.79 Å². The van der Waals surface area contributed by atoms with Gasteiger partial charge in [-0.25, -0.2) is 4.98 Å². The normalized spacial score (nSPS) is 16.7. The zero-order chi connectivity index (χ0) is 38.3. The van der Waals surface area contributed by atoms with Crippen molar-refractivity contribution in [1.29, 1.82) is 0 Å². The van der Waals surface area contributed by atoms with Crippen molar-refractivity contribution in [1.82, 2.24) is 15.6 Å². The Morgan fingerprint density at radius 2 is 1.62 bits per heavy atom. The van der Waals surface area contributed by atoms with Crippen LogP contribution in [-0.4, -0.2) is 43.5 Å². The van der Waals surface area contributed by atoms with Crippen molar-refractivity contribution in [3.63, 3.8) is 0 Å². The number of pyridine rings is 1. The van der Waals surface area contributed by atoms with Crippen LogP contribution >= 0.6 is 11.6 Å². The van der Waals surface area contributed by atoms with Crippen LogP contribution in [0.3, 0.4) is 0 Å². The van der Waals surface area contributed by atoms with Crippen LogP contribution in [0.5, 0.6) is 5.75 Å². The molecule has 0 bridgehead atoms. The van der Waals surface area contributed by atoms with Crippen LogP contribution in [0.15, 0.2) is 116 Å². The van der Waals surface area contributed by atoms with Crippen LogP contribution in [0.25, 0.3) is 33.3 Å². The molecule has 1 fully saturated rings. The summed E-state index contributed by atoms with van der Waals surface area (Å²) in [7, 11) is 1.67. The number of benzene rings is 4. The molecule has 55 heavy (non-hydrogen) atoms. The lowest BCUT2D eigenvalue weighted by Crippen LogP contribution is -2.39. The van der Waals surface area contributed by atoms with Gasteiger partial charge in [-0.1, -0.05) is 79.4 Å². The van der Waals surface area contributed by atoms with Crippen molar-refractivity contribution in [2.24, 2.45) is 5.92 Å². The smallest absolute Gasteiger partial charge is 0.251 e. The Labute approximate surface area is 329 Å². The number of hydrogen-bond donors (Lipinski definition) is 2. The number of halogens is 1. The first-order valence-electron chi connectivity index (χ1n) is 19.4. The second-order valence-corrected chi connectivity index (χ2v) is 15.0. The number of fused-ring (bicyclic) bond motifs is 2. The summed E-state index contributed by atoms with van der Waals surface area (Å²) in [6, 6.07) is 30.6. The minimum absolute atomic E-state index is 0.0511. The van der Waals surface area contributed by atoms with E-state index in [0.29, 0.717) is 42.4 Å². The average molecular weight is 753 g/mol. The molecule has 2 unspecified atom stereocenters. The van der Waals surface area contributed by atoms with Gasteiger partial charge >= 0.3 is 0 Å². The fraction of sp³-hybridized carbons (Fsp3) is 0.298. The number of amides is 2. The first-order valence-corrected chi connectivity index (χ1v) is 19.8. The van der Waals surface area contributed by atoms with E-state index in [1.807, 2.05) is 54.6 Å². The molecule has 5 aromatic rings. The molecule has 7 nitrogen and oxygen atoms in total. The van der Waals surface area contributed by atoms with Crippen LogP contribution < -0.4 is 20.3 Å². The van der Waals surface area contributed by atoms with Gasteiger partial charge in [-0.3, -0.25) is 9.59 Å². The van der Waals surface area contributed by atoms with Gasteiger partial charge in [-0.2, -0.15) is 0 Å². The van der Waals surface area contributed by atoms with E-state index in [4.69, 9.17) is 21.3 Å². The molecule has 8 heteroatoms. The van der Waals surface area contributed by atoms with Gasteiger partial charge in [0.05, 0.1) is 30.9 Å². The highest BCUT2D eigenvalue weighted by molar-refractivity contribution is 6.30. The van der Waals surface area contributed by atoms with Crippen molar-refractivity contribution < 1.29 is 14.3 Å². The highest BCUT2D eigenvalue weighted by atomic mass is 35.5. The molecule has 0 saturated heterocycles. The van der Waals surface area contributed by atoms with E-state index in [2.05, 4.69) is 71.2 Å². The number of nitrogens with one attached hydrogen (secondary N) is 2. The molecular formula is C47H49ClN4O3. The van der Waals surface area contributed by atoms with E-state index >= 15 is 0 Å². The van der Waals surface area contributed by atoms with Crippen LogP contribution in [0.4, 0.5) is 5.69 Å². The zero-order valence-electron chi connectivity index (χ0n) is 31.5. The van der Waals surface area contributed by atoms with Gasteiger partial charge in [0, 0.05) is 46.2 Å². The van der Waals surface area contributed by atoms with Gasteiger partial charge in [0.15, 0.2) is 0 Å². The van der Waals surface area contributed by atoms with Crippen molar-refractivity contribution in [2.75, 3.05) is 31.6 Å². The second-order valence-electron chi connectivity index (χ2n) is 14.6. The number of methoxy groups -OCH3 is 1. The van der Waals surface area contributed by atoms with Gasteiger partial charge in [-0.15, -0.1) is 13.2 Å². The third-order valence-electron chi connectivity index (χ3n) is 11.1. The van der Waals surface area contributed by atoms with Crippen LogP contribution in [0.2, 0.25) is 5.02 Å². The number of carbonyl (C=O) groups excluding carboxylic acids is 2. The van der Waals surface area contributed by atoms with Crippen molar-refractivity contribution in [3.8, 4) is 28.1 Å². The Balaban J connectivity index is 1.30. The minimum Gasteiger partial charge on any atom is -0.497 e. The molecule has 1 aromatic heterocycles. The van der Waals surface area contributed by atoms with Gasteiger partial charge in [-0.05, 0) is 108 Å². The van der Waals surface area contributed by atoms with Gasteiger partial charge in [0.1, 0.15) is 5.75 Å². The Kier molecular flexibility index (Phi) is 12.0. The summed E-state index contributed by atoms with van der Waals surface area (Å²) in [6.45, 7) is 8.82. The summed E-state index contributed by atoms with van der Waals surface area (Å²) in [4.78, 5) is 34.4. The lowest BCUT2D eigenvalue weighted by molar-refractivity contribution is -0.119. The molecule has 7 rings (SSSR count). The molecule has 1 saturated carbocycles. The predicted molar refractivity (Wildman–Crippen MR) is 225 cm³/mol. The molecule has 2 N–H and O–H groups in total. The lowest BCUT2D eigenvalue weighted by Gasteiger charge is -2.36. The fourth-order valence-corrected chi connectivity index (χ4v) is 8.57. The molecule has 2 atom stereocenters. The van der Waals surface area contributed by atoms with E-state index in [1.54, 1.807) is 13.2 Å². The topological polar surface area (TPSA) is 83.6 Å². The summed E-state index contributed by atoms with van der Waals surface area (Å²) < 4.78 is 5.63. The number of anilines is 1. The van der Waals surface area contributed by atoms with E-state index < -0.39 is 0 Å². The predicted octanol–water partition coefficient (Wildman–Crippen LogP) is 10.5. The van der Waals surface area contributed by atoms with E-state index in [-0.39, 0.29) is 30.3 Å². The van der Waals surface area contributed by atoms with Crippen LogP contribution in [0.1, 0.15) is 78.4 Å². The van der Waals surface area contributed by atoms with Gasteiger partial charge < -0.3 is 20.3 Å². The molecule has 2 amide bonds. The maximum atomic E-state index is 13.6. The molecule has 1 aliphatic carbocycles. The fourth-order valence-electron chi connectivity index (χ4n) is 8.44. The molecule has 0 spiro atoms. The summed E-state index contributed by atoms with van der Waals surface area (Å²) in [6.07, 6.45) is 10.9. The molecule has 1 aliphatic heterocycles. The number of carbonyl (C=O) groups is 2. The Hall–Kier alpha value is -5.40. The van der Waals surface area contributed by atoms with E-state index in [0.717, 1.165) is 63.1 Å². The molecule has 282 valence electrons. The van der Waals surface area contributed by atoms with Gasteiger partial charge in [0.25, 0.3) is 5.91 Å². The largest absolute Gasteiger partial charge is 0.497 e. The molecule has 0 radical (unpaired) electrons. The maximum absolute atomic E-state index is 13.6. The summed E-state index contributed by atoms with van der Waals surface area (Å²) in [5.74, 6) is 1.20. The Morgan fingerprint density at radius 1 is 0.855 bits per heavy atom. The van der Waals surface area contributed by atoms with Gasteiger partial charge in [0.2, 0.25) is 5.91 Å². The SMILES string of the molecule is C=CCCNC(=O)CN1c2cc(C(=O)NCCC=C)ccc2C(C2CCCCC2)C1c1ccc2nc(-c3cc(OC)ccc3-c3ccc(Cl)cc3)ccc2c1. The number of aromatic nitrogens is 1. The molecule has 4 aromatic carbocycles. The summed E-state index contributed by atoms with van der Waals surface area (Å²) >= 11 is 6.23. The number of ether oxygens (including phenoxy) is 1. The second kappa shape index (κ2) is 17.4. The van der Waals surface area contributed by atoms with E-state index in [9.17, 15) is 9.59 Å². The van der Waals surface area contributed by atoms with Crippen LogP contribution in [0, 0.1) is 5.92 Å². The number of rotatable bonds is 14. The lowest BCUT2D eigenvalue weighted by atomic mass is 9.73. The zero-order valence-corrected chi connectivity index (χ0v) is 32.3. The molecular weight excluding hydrogens is 704 g/mol. The van der Waals surface area contributed by atoms with Crippen molar-refractivity contribution in [3.05, 3.63) is 138 Å². The van der Waals surface area contributed by atoms with Crippen molar-refractivity contribution in [2.45, 2.75) is 56.9 Å². The average Bonchev–Trinajstić information content (AvgIpc) is 3.53. The Morgan fingerprint density at radius 3 is 2.36 bits per heavy atom. The number of nitrogens with zero attached hydrogens (tertiary/aromatic N) is 2.